The summed E-state index contributed by atoms with van der Waals surface area (Å²) in [7, 11) is 0. The third kappa shape index (κ3) is 4.07. The number of nitrogens with zero attached hydrogens (tertiary/aromatic N) is 1. The second-order valence-corrected chi connectivity index (χ2v) is 6.03. The molecular formula is C17H24N2O3. The molecule has 22 heavy (non-hydrogen) atoms. The van der Waals surface area contributed by atoms with Gasteiger partial charge in [-0.1, -0.05) is 32.0 Å². The Bertz CT molecular complexity index is 516. The van der Waals surface area contributed by atoms with Crippen LogP contribution in [0.3, 0.4) is 0 Å². The molecule has 5 heteroatoms. The molecule has 1 N–H and O–H groups in total. The Morgan fingerprint density at radius 3 is 2.55 bits per heavy atom. The maximum atomic E-state index is 12.7. The minimum atomic E-state index is -0.516. The van der Waals surface area contributed by atoms with Crippen molar-refractivity contribution < 1.29 is 14.3 Å². The van der Waals surface area contributed by atoms with Crippen LogP contribution in [0.1, 0.15) is 31.1 Å². The Morgan fingerprint density at radius 2 is 1.95 bits per heavy atom. The molecule has 0 spiro atoms. The second kappa shape index (κ2) is 7.40. The Hall–Kier alpha value is -1.88. The first kappa shape index (κ1) is 16.5. The highest BCUT2D eigenvalue weighted by Gasteiger charge is 2.31. The fourth-order valence-corrected chi connectivity index (χ4v) is 2.54. The number of ether oxygens (including phenoxy) is 1. The number of benzene rings is 1. The molecule has 1 heterocycles. The maximum Gasteiger partial charge on any atom is 0.251 e. The van der Waals surface area contributed by atoms with E-state index in [4.69, 9.17) is 4.74 Å². The summed E-state index contributed by atoms with van der Waals surface area (Å²) in [5.74, 6) is -0.221. The Morgan fingerprint density at radius 1 is 1.27 bits per heavy atom. The van der Waals surface area contributed by atoms with Crippen molar-refractivity contribution in [1.29, 1.82) is 0 Å². The maximum absolute atomic E-state index is 12.7. The average molecular weight is 304 g/mol. The molecule has 2 atom stereocenters. The number of hydrogen-bond acceptors (Lipinski definition) is 3. The van der Waals surface area contributed by atoms with Crippen molar-refractivity contribution in [3.05, 3.63) is 35.9 Å². The van der Waals surface area contributed by atoms with Gasteiger partial charge in [0.05, 0.1) is 12.7 Å². The van der Waals surface area contributed by atoms with Crippen molar-refractivity contribution in [3.8, 4) is 0 Å². The van der Waals surface area contributed by atoms with Gasteiger partial charge in [-0.15, -0.1) is 0 Å². The lowest BCUT2D eigenvalue weighted by atomic mass is 10.0. The van der Waals surface area contributed by atoms with Gasteiger partial charge in [0, 0.05) is 18.7 Å². The molecule has 2 unspecified atom stereocenters. The standard InChI is InChI=1S/C17H24N2O3/c1-12(2)15(17(21)19-9-10-22-13(3)11-19)18-16(20)14-7-5-4-6-8-14/h4-8,12-13,15H,9-11H2,1-3H3,(H,18,20). The van der Waals surface area contributed by atoms with E-state index in [1.54, 1.807) is 17.0 Å². The van der Waals surface area contributed by atoms with E-state index in [-0.39, 0.29) is 23.8 Å². The highest BCUT2D eigenvalue weighted by atomic mass is 16.5. The van der Waals surface area contributed by atoms with E-state index in [2.05, 4.69) is 5.32 Å². The summed E-state index contributed by atoms with van der Waals surface area (Å²) >= 11 is 0. The molecule has 1 fully saturated rings. The zero-order chi connectivity index (χ0) is 16.1. The zero-order valence-electron chi connectivity index (χ0n) is 13.4. The lowest BCUT2D eigenvalue weighted by Gasteiger charge is -2.35. The Balaban J connectivity index is 2.06. The number of nitrogens with one attached hydrogen (secondary N) is 1. The van der Waals surface area contributed by atoms with E-state index in [1.807, 2.05) is 39.0 Å². The van der Waals surface area contributed by atoms with Gasteiger partial charge in [0.25, 0.3) is 5.91 Å². The van der Waals surface area contributed by atoms with Crippen molar-refractivity contribution in [2.75, 3.05) is 19.7 Å². The molecule has 2 rings (SSSR count). The molecular weight excluding hydrogens is 280 g/mol. The first-order chi connectivity index (χ1) is 10.5. The highest BCUT2D eigenvalue weighted by Crippen LogP contribution is 2.12. The largest absolute Gasteiger partial charge is 0.375 e. The first-order valence-electron chi connectivity index (χ1n) is 7.75. The third-order valence-electron chi connectivity index (χ3n) is 3.81. The molecule has 0 saturated carbocycles. The Kier molecular flexibility index (Phi) is 5.55. The van der Waals surface area contributed by atoms with Crippen LogP contribution in [-0.2, 0) is 9.53 Å². The summed E-state index contributed by atoms with van der Waals surface area (Å²) in [6.45, 7) is 7.53. The molecule has 0 bridgehead atoms. The van der Waals surface area contributed by atoms with Crippen LogP contribution in [0, 0.1) is 5.92 Å². The predicted octanol–water partition coefficient (Wildman–Crippen LogP) is 1.69. The van der Waals surface area contributed by atoms with Gasteiger partial charge in [-0.2, -0.15) is 0 Å². The van der Waals surface area contributed by atoms with Crippen molar-refractivity contribution in [2.24, 2.45) is 5.92 Å². The van der Waals surface area contributed by atoms with Crippen molar-refractivity contribution in [1.82, 2.24) is 10.2 Å². The number of carbonyl (C=O) groups excluding carboxylic acids is 2. The van der Waals surface area contributed by atoms with E-state index < -0.39 is 6.04 Å². The molecule has 1 saturated heterocycles. The van der Waals surface area contributed by atoms with Gasteiger partial charge in [0.1, 0.15) is 6.04 Å². The molecule has 1 aliphatic heterocycles. The molecule has 0 aromatic heterocycles. The van der Waals surface area contributed by atoms with E-state index in [0.29, 0.717) is 25.3 Å². The smallest absolute Gasteiger partial charge is 0.251 e. The van der Waals surface area contributed by atoms with Gasteiger partial charge < -0.3 is 15.0 Å². The zero-order valence-corrected chi connectivity index (χ0v) is 13.4. The third-order valence-corrected chi connectivity index (χ3v) is 3.81. The lowest BCUT2D eigenvalue weighted by Crippen LogP contribution is -2.55. The number of rotatable bonds is 4. The quantitative estimate of drug-likeness (QED) is 0.921. The molecule has 0 aliphatic carbocycles. The number of hydrogen-bond donors (Lipinski definition) is 1. The summed E-state index contributed by atoms with van der Waals surface area (Å²) < 4.78 is 5.47. The van der Waals surface area contributed by atoms with Crippen LogP contribution in [0.2, 0.25) is 0 Å². The number of morpholine rings is 1. The fourth-order valence-electron chi connectivity index (χ4n) is 2.54. The molecule has 5 nitrogen and oxygen atoms in total. The highest BCUT2D eigenvalue weighted by molar-refractivity contribution is 5.97. The van der Waals surface area contributed by atoms with Crippen LogP contribution in [0.5, 0.6) is 0 Å². The van der Waals surface area contributed by atoms with Crippen LogP contribution in [0.4, 0.5) is 0 Å². The molecule has 1 aliphatic rings. The van der Waals surface area contributed by atoms with E-state index >= 15 is 0 Å². The van der Waals surface area contributed by atoms with Crippen molar-refractivity contribution in [3.63, 3.8) is 0 Å². The average Bonchev–Trinajstić information content (AvgIpc) is 2.52. The minimum Gasteiger partial charge on any atom is -0.375 e. The fraction of sp³-hybridized carbons (Fsp3) is 0.529. The van der Waals surface area contributed by atoms with Gasteiger partial charge in [-0.3, -0.25) is 9.59 Å². The minimum absolute atomic E-state index is 0.0262. The van der Waals surface area contributed by atoms with Crippen LogP contribution in [0.15, 0.2) is 30.3 Å². The van der Waals surface area contributed by atoms with Gasteiger partial charge in [0.2, 0.25) is 5.91 Å². The SMILES string of the molecule is CC1CN(C(=O)C(NC(=O)c2ccccc2)C(C)C)CCO1. The molecule has 1 aromatic rings. The second-order valence-electron chi connectivity index (χ2n) is 6.03. The van der Waals surface area contributed by atoms with Crippen LogP contribution < -0.4 is 5.32 Å². The van der Waals surface area contributed by atoms with Gasteiger partial charge in [0.15, 0.2) is 0 Å². The lowest BCUT2D eigenvalue weighted by molar-refractivity contribution is -0.141. The molecule has 1 aromatic carbocycles. The van der Waals surface area contributed by atoms with Crippen LogP contribution >= 0.6 is 0 Å². The molecule has 120 valence electrons. The van der Waals surface area contributed by atoms with Gasteiger partial charge in [-0.05, 0) is 25.0 Å². The summed E-state index contributed by atoms with van der Waals surface area (Å²) in [6.07, 6.45) is 0.0373. The molecule has 2 amide bonds. The van der Waals surface area contributed by atoms with E-state index in [1.165, 1.54) is 0 Å². The summed E-state index contributed by atoms with van der Waals surface area (Å²) in [5.41, 5.74) is 0.566. The van der Waals surface area contributed by atoms with Crippen molar-refractivity contribution >= 4 is 11.8 Å². The van der Waals surface area contributed by atoms with Crippen LogP contribution in [0.25, 0.3) is 0 Å². The normalized spacial score (nSPS) is 19.8. The number of amides is 2. The first-order valence-corrected chi connectivity index (χ1v) is 7.75. The van der Waals surface area contributed by atoms with E-state index in [9.17, 15) is 9.59 Å². The summed E-state index contributed by atoms with van der Waals surface area (Å²) in [6, 6.07) is 8.45. The number of carbonyl (C=O) groups is 2. The van der Waals surface area contributed by atoms with Gasteiger partial charge >= 0.3 is 0 Å². The monoisotopic (exact) mass is 304 g/mol. The topological polar surface area (TPSA) is 58.6 Å². The van der Waals surface area contributed by atoms with Crippen molar-refractivity contribution in [2.45, 2.75) is 32.9 Å². The molecule has 0 radical (unpaired) electrons. The summed E-state index contributed by atoms with van der Waals surface area (Å²) in [5, 5.41) is 2.87. The summed E-state index contributed by atoms with van der Waals surface area (Å²) in [4.78, 5) is 26.8. The predicted molar refractivity (Wildman–Crippen MR) is 84.5 cm³/mol. The van der Waals surface area contributed by atoms with E-state index in [0.717, 1.165) is 0 Å². The Labute approximate surface area is 131 Å². The van der Waals surface area contributed by atoms with Crippen LogP contribution in [-0.4, -0.2) is 48.6 Å². The van der Waals surface area contributed by atoms with Gasteiger partial charge in [-0.25, -0.2) is 0 Å².